The molecule has 1 aliphatic carbocycles. The second-order valence-electron chi connectivity index (χ2n) is 6.03. The van der Waals surface area contributed by atoms with Gasteiger partial charge in [-0.1, -0.05) is 31.4 Å². The van der Waals surface area contributed by atoms with Crippen molar-refractivity contribution in [1.29, 1.82) is 0 Å². The molecule has 0 bridgehead atoms. The molecule has 9 heteroatoms. The predicted molar refractivity (Wildman–Crippen MR) is 81.7 cm³/mol. The molecule has 7 nitrogen and oxygen atoms in total. The number of nitrogens with zero attached hydrogens (tertiary/aromatic N) is 1. The van der Waals surface area contributed by atoms with Gasteiger partial charge in [0.25, 0.3) is 11.8 Å². The molecular formula is C16H17F2N3O4. The molecule has 4 amide bonds. The predicted octanol–water partition coefficient (Wildman–Crippen LogP) is 2.19. The quantitative estimate of drug-likeness (QED) is 0.812. The number of nitrogens with one attached hydrogen (secondary N) is 2. The summed E-state index contributed by atoms with van der Waals surface area (Å²) >= 11 is 0. The first kappa shape index (κ1) is 17.1. The third-order valence-corrected chi connectivity index (χ3v) is 4.43. The van der Waals surface area contributed by atoms with Gasteiger partial charge in [0.1, 0.15) is 11.3 Å². The van der Waals surface area contributed by atoms with Crippen molar-refractivity contribution in [2.24, 2.45) is 0 Å². The van der Waals surface area contributed by atoms with Crippen molar-refractivity contribution in [3.05, 3.63) is 29.8 Å². The normalized spacial score (nSPS) is 19.2. The number of carbonyl (C=O) groups excluding carboxylic acids is 3. The number of benzene rings is 1. The van der Waals surface area contributed by atoms with E-state index in [2.05, 4.69) is 15.5 Å². The number of carbonyl (C=O) groups is 3. The van der Waals surface area contributed by atoms with Crippen molar-refractivity contribution in [1.82, 2.24) is 15.8 Å². The minimum Gasteiger partial charge on any atom is -0.434 e. The fourth-order valence-corrected chi connectivity index (χ4v) is 3.23. The Bertz CT molecular complexity index is 704. The highest BCUT2D eigenvalue weighted by Crippen LogP contribution is 2.33. The summed E-state index contributed by atoms with van der Waals surface area (Å²) in [6.45, 7) is -3.10. The first-order chi connectivity index (χ1) is 11.9. The maximum absolute atomic E-state index is 12.6. The van der Waals surface area contributed by atoms with Crippen LogP contribution in [0.3, 0.4) is 0 Å². The molecule has 0 radical (unpaired) electrons. The number of alkyl halides is 2. The van der Waals surface area contributed by atoms with Crippen molar-refractivity contribution in [3.63, 3.8) is 0 Å². The number of rotatable bonds is 4. The van der Waals surface area contributed by atoms with Gasteiger partial charge in [-0.05, 0) is 25.0 Å². The molecule has 0 aromatic heterocycles. The van der Waals surface area contributed by atoms with E-state index in [1.807, 2.05) is 0 Å². The molecule has 1 heterocycles. The monoisotopic (exact) mass is 353 g/mol. The third kappa shape index (κ3) is 3.26. The van der Waals surface area contributed by atoms with E-state index in [1.165, 1.54) is 24.3 Å². The molecule has 134 valence electrons. The van der Waals surface area contributed by atoms with Crippen LogP contribution in [0.15, 0.2) is 24.3 Å². The Morgan fingerprint density at radius 1 is 1.20 bits per heavy atom. The summed E-state index contributed by atoms with van der Waals surface area (Å²) in [4.78, 5) is 37.1. The Labute approximate surface area is 142 Å². The summed E-state index contributed by atoms with van der Waals surface area (Å²) in [6.07, 6.45) is 3.61. The molecule has 1 saturated carbocycles. The van der Waals surface area contributed by atoms with Crippen LogP contribution in [0.2, 0.25) is 0 Å². The molecule has 1 saturated heterocycles. The minimum absolute atomic E-state index is 0.201. The number of urea groups is 1. The van der Waals surface area contributed by atoms with Crippen molar-refractivity contribution in [2.45, 2.75) is 44.3 Å². The van der Waals surface area contributed by atoms with Gasteiger partial charge in [-0.25, -0.2) is 4.79 Å². The molecule has 2 aliphatic rings. The Kier molecular flexibility index (Phi) is 4.56. The van der Waals surface area contributed by atoms with Crippen molar-refractivity contribution in [2.75, 3.05) is 0 Å². The smallest absolute Gasteiger partial charge is 0.387 e. The van der Waals surface area contributed by atoms with Gasteiger partial charge in [0.2, 0.25) is 0 Å². The Hall–Kier alpha value is -2.71. The van der Waals surface area contributed by atoms with E-state index >= 15 is 0 Å². The molecule has 1 spiro atoms. The van der Waals surface area contributed by atoms with Gasteiger partial charge in [-0.3, -0.25) is 15.0 Å². The van der Waals surface area contributed by atoms with Crippen LogP contribution >= 0.6 is 0 Å². The van der Waals surface area contributed by atoms with Crippen molar-refractivity contribution in [3.8, 4) is 5.75 Å². The number of hydrogen-bond acceptors (Lipinski definition) is 4. The largest absolute Gasteiger partial charge is 0.434 e. The summed E-state index contributed by atoms with van der Waals surface area (Å²) in [7, 11) is 0. The van der Waals surface area contributed by atoms with Crippen LogP contribution in [-0.4, -0.2) is 35.0 Å². The summed E-state index contributed by atoms with van der Waals surface area (Å²) in [5, 5.41) is 3.26. The lowest BCUT2D eigenvalue weighted by Crippen LogP contribution is -2.51. The number of ether oxygens (including phenoxy) is 1. The van der Waals surface area contributed by atoms with Crippen LogP contribution in [0, 0.1) is 0 Å². The molecule has 25 heavy (non-hydrogen) atoms. The average Bonchev–Trinajstić information content (AvgIpc) is 2.79. The second-order valence-corrected chi connectivity index (χ2v) is 6.03. The zero-order chi connectivity index (χ0) is 18.0. The number of halogens is 2. The summed E-state index contributed by atoms with van der Waals surface area (Å²) in [5.41, 5.74) is 1.00. The summed E-state index contributed by atoms with van der Waals surface area (Å²) in [6, 6.07) is 4.63. The van der Waals surface area contributed by atoms with Crippen LogP contribution in [0.25, 0.3) is 0 Å². The molecule has 1 aromatic carbocycles. The lowest BCUT2D eigenvalue weighted by molar-refractivity contribution is -0.134. The van der Waals surface area contributed by atoms with Gasteiger partial charge in [0.15, 0.2) is 0 Å². The molecule has 3 rings (SSSR count). The molecular weight excluding hydrogens is 336 g/mol. The van der Waals surface area contributed by atoms with Gasteiger partial charge < -0.3 is 10.1 Å². The Morgan fingerprint density at radius 3 is 2.56 bits per heavy atom. The van der Waals surface area contributed by atoms with Crippen molar-refractivity contribution >= 4 is 17.8 Å². The highest BCUT2D eigenvalue weighted by Gasteiger charge is 2.52. The Morgan fingerprint density at radius 2 is 1.88 bits per heavy atom. The number of para-hydroxylation sites is 1. The molecule has 0 unspecified atom stereocenters. The highest BCUT2D eigenvalue weighted by atomic mass is 19.3. The summed E-state index contributed by atoms with van der Waals surface area (Å²) < 4.78 is 29.2. The van der Waals surface area contributed by atoms with E-state index in [9.17, 15) is 23.2 Å². The van der Waals surface area contributed by atoms with Crippen molar-refractivity contribution < 1.29 is 27.9 Å². The van der Waals surface area contributed by atoms with Gasteiger partial charge in [0, 0.05) is 0 Å². The highest BCUT2D eigenvalue weighted by molar-refractivity contribution is 6.09. The van der Waals surface area contributed by atoms with E-state index in [1.54, 1.807) is 0 Å². The molecule has 1 aliphatic heterocycles. The number of hydrazine groups is 1. The maximum Gasteiger partial charge on any atom is 0.387 e. The Balaban J connectivity index is 1.77. The van der Waals surface area contributed by atoms with Crippen LogP contribution in [0.4, 0.5) is 13.6 Å². The van der Waals surface area contributed by atoms with Gasteiger partial charge in [-0.2, -0.15) is 13.8 Å². The fraction of sp³-hybridized carbons (Fsp3) is 0.438. The molecule has 0 atom stereocenters. The molecule has 2 N–H and O–H groups in total. The second kappa shape index (κ2) is 6.66. The molecule has 1 aromatic rings. The first-order valence-electron chi connectivity index (χ1n) is 7.94. The summed E-state index contributed by atoms with van der Waals surface area (Å²) in [5.74, 6) is -1.75. The number of imide groups is 1. The maximum atomic E-state index is 12.6. The van der Waals surface area contributed by atoms with Crippen LogP contribution in [0.5, 0.6) is 5.75 Å². The molecule has 2 fully saturated rings. The average molecular weight is 353 g/mol. The topological polar surface area (TPSA) is 87.7 Å². The lowest BCUT2D eigenvalue weighted by Gasteiger charge is -2.30. The van der Waals surface area contributed by atoms with Gasteiger partial charge >= 0.3 is 12.6 Å². The van der Waals surface area contributed by atoms with E-state index < -0.39 is 30.0 Å². The SMILES string of the molecule is O=C(NN1C(=O)NC2(CCCCC2)C1=O)c1ccccc1OC(F)F. The third-order valence-electron chi connectivity index (χ3n) is 4.43. The van der Waals surface area contributed by atoms with E-state index in [0.717, 1.165) is 19.3 Å². The van der Waals surface area contributed by atoms with Gasteiger partial charge in [-0.15, -0.1) is 0 Å². The van der Waals surface area contributed by atoms with E-state index in [-0.39, 0.29) is 11.3 Å². The fourth-order valence-electron chi connectivity index (χ4n) is 3.23. The first-order valence-corrected chi connectivity index (χ1v) is 7.94. The van der Waals surface area contributed by atoms with Crippen LogP contribution in [-0.2, 0) is 4.79 Å². The minimum atomic E-state index is -3.10. The number of amides is 4. The zero-order valence-electron chi connectivity index (χ0n) is 13.3. The standard InChI is InChI=1S/C16H17F2N3O4/c17-14(18)25-11-7-3-2-6-10(11)12(22)20-21-13(23)16(19-15(21)24)8-4-1-5-9-16/h2-3,6-7,14H,1,4-5,8-9H2,(H,19,24)(H,20,22). The van der Waals surface area contributed by atoms with Crippen LogP contribution in [0.1, 0.15) is 42.5 Å². The van der Waals surface area contributed by atoms with E-state index in [0.29, 0.717) is 17.9 Å². The van der Waals surface area contributed by atoms with Crippen LogP contribution < -0.4 is 15.5 Å². The van der Waals surface area contributed by atoms with Gasteiger partial charge in [0.05, 0.1) is 5.56 Å². The zero-order valence-corrected chi connectivity index (χ0v) is 13.3. The number of hydrogen-bond donors (Lipinski definition) is 2. The lowest BCUT2D eigenvalue weighted by atomic mass is 9.82. The van der Waals surface area contributed by atoms with E-state index in [4.69, 9.17) is 0 Å².